The molecule has 0 unspecified atom stereocenters. The first-order chi connectivity index (χ1) is 24.7. The van der Waals surface area contributed by atoms with Crippen molar-refractivity contribution in [2.24, 2.45) is 0 Å². The fraction of sp³-hybridized carbons (Fsp3) is 0. The molecule has 0 aliphatic rings. The minimum Gasteiger partial charge on any atom is -0.309 e. The average Bonchev–Trinajstić information content (AvgIpc) is 3.69. The first-order valence-corrected chi connectivity index (χ1v) is 16.2. The monoisotopic (exact) mass is 635 g/mol. The molecule has 5 heteroatoms. The van der Waals surface area contributed by atoms with Crippen molar-refractivity contribution in [2.45, 2.75) is 0 Å². The van der Waals surface area contributed by atoms with Gasteiger partial charge in [0.15, 0.2) is 11.4 Å². The van der Waals surface area contributed by atoms with Crippen LogP contribution in [0.25, 0.3) is 86.9 Å². The second-order valence-corrected chi connectivity index (χ2v) is 12.3. The molecule has 0 fully saturated rings. The maximum absolute atomic E-state index is 9.68. The average molecular weight is 636 g/mol. The molecule has 0 bridgehead atoms. The predicted molar refractivity (Wildman–Crippen MR) is 203 cm³/mol. The summed E-state index contributed by atoms with van der Waals surface area (Å²) in [5, 5.41) is 13.9. The maximum atomic E-state index is 9.68. The van der Waals surface area contributed by atoms with E-state index in [4.69, 9.17) is 13.1 Å². The van der Waals surface area contributed by atoms with Gasteiger partial charge >= 0.3 is 0 Å². The van der Waals surface area contributed by atoms with Crippen LogP contribution in [0.15, 0.2) is 152 Å². The lowest BCUT2D eigenvalue weighted by Crippen LogP contribution is -1.97. The van der Waals surface area contributed by atoms with Gasteiger partial charge < -0.3 is 9.13 Å². The topological polar surface area (TPSA) is 42.4 Å². The Morgan fingerprint density at radius 1 is 0.480 bits per heavy atom. The molecule has 0 saturated heterocycles. The summed E-state index contributed by atoms with van der Waals surface area (Å²) in [4.78, 5) is 7.62. The molecule has 2 aromatic heterocycles. The summed E-state index contributed by atoms with van der Waals surface area (Å²) < 4.78 is 4.50. The Labute approximate surface area is 288 Å². The second-order valence-electron chi connectivity index (χ2n) is 12.3. The molecule has 0 saturated carbocycles. The number of rotatable bonds is 4. The summed E-state index contributed by atoms with van der Waals surface area (Å²) >= 11 is 0. The maximum Gasteiger partial charge on any atom is 0.195 e. The van der Waals surface area contributed by atoms with Gasteiger partial charge in [-0.2, -0.15) is 5.26 Å². The van der Waals surface area contributed by atoms with Crippen molar-refractivity contribution >= 4 is 55.0 Å². The van der Waals surface area contributed by atoms with Crippen molar-refractivity contribution in [3.63, 3.8) is 0 Å². The zero-order chi connectivity index (χ0) is 33.8. The van der Waals surface area contributed by atoms with Crippen LogP contribution in [0.5, 0.6) is 0 Å². The van der Waals surface area contributed by atoms with Gasteiger partial charge in [-0.05, 0) is 88.8 Å². The molecular formula is C45H25N5. The lowest BCUT2D eigenvalue weighted by atomic mass is 9.96. The summed E-state index contributed by atoms with van der Waals surface area (Å²) in [7, 11) is 0. The van der Waals surface area contributed by atoms with E-state index in [9.17, 15) is 5.26 Å². The molecular weight excluding hydrogens is 611 g/mol. The van der Waals surface area contributed by atoms with E-state index < -0.39 is 0 Å². The van der Waals surface area contributed by atoms with Crippen LogP contribution in [-0.4, -0.2) is 9.13 Å². The zero-order valence-corrected chi connectivity index (χ0v) is 26.7. The summed E-state index contributed by atoms with van der Waals surface area (Å²) in [5.74, 6) is 0. The fourth-order valence-corrected chi connectivity index (χ4v) is 7.37. The van der Waals surface area contributed by atoms with Crippen LogP contribution in [0.2, 0.25) is 0 Å². The van der Waals surface area contributed by atoms with E-state index in [1.807, 2.05) is 60.7 Å². The lowest BCUT2D eigenvalue weighted by molar-refractivity contribution is 1.18. The molecule has 0 aliphatic carbocycles. The lowest BCUT2D eigenvalue weighted by Gasteiger charge is -2.16. The second kappa shape index (κ2) is 11.4. The summed E-state index contributed by atoms with van der Waals surface area (Å²) in [5.41, 5.74) is 11.7. The molecule has 2 heterocycles. The highest BCUT2D eigenvalue weighted by atomic mass is 15.0. The minimum absolute atomic E-state index is 0.554. The normalized spacial score (nSPS) is 11.1. The number of hydrogen-bond acceptors (Lipinski definition) is 1. The number of fused-ring (bicyclic) bond motifs is 6. The third-order valence-electron chi connectivity index (χ3n) is 9.58. The van der Waals surface area contributed by atoms with Crippen LogP contribution in [-0.2, 0) is 0 Å². The Morgan fingerprint density at radius 3 is 1.84 bits per heavy atom. The van der Waals surface area contributed by atoms with Crippen LogP contribution in [0, 0.1) is 24.5 Å². The van der Waals surface area contributed by atoms with E-state index in [1.54, 1.807) is 0 Å². The quantitative estimate of drug-likeness (QED) is 0.177. The van der Waals surface area contributed by atoms with Crippen molar-refractivity contribution < 1.29 is 0 Å². The molecule has 9 aromatic rings. The zero-order valence-electron chi connectivity index (χ0n) is 26.7. The van der Waals surface area contributed by atoms with Gasteiger partial charge in [0.1, 0.15) is 0 Å². The smallest absolute Gasteiger partial charge is 0.195 e. The van der Waals surface area contributed by atoms with E-state index in [-0.39, 0.29) is 0 Å². The van der Waals surface area contributed by atoms with Crippen molar-refractivity contribution in [3.05, 3.63) is 180 Å². The van der Waals surface area contributed by atoms with Crippen LogP contribution < -0.4 is 0 Å². The van der Waals surface area contributed by atoms with Gasteiger partial charge in [0.2, 0.25) is 0 Å². The molecule has 0 radical (unpaired) electrons. The largest absolute Gasteiger partial charge is 0.309 e. The van der Waals surface area contributed by atoms with Gasteiger partial charge in [0, 0.05) is 27.4 Å². The van der Waals surface area contributed by atoms with Crippen molar-refractivity contribution in [3.8, 4) is 39.7 Å². The Balaban J connectivity index is 1.23. The third kappa shape index (κ3) is 4.38. The Kier molecular flexibility index (Phi) is 6.56. The van der Waals surface area contributed by atoms with Crippen molar-refractivity contribution in [1.82, 2.24) is 9.13 Å². The van der Waals surface area contributed by atoms with Crippen molar-refractivity contribution in [1.29, 1.82) is 5.26 Å². The molecule has 0 N–H and O–H groups in total. The molecule has 0 spiro atoms. The number of hydrogen-bond donors (Lipinski definition) is 0. The first kappa shape index (κ1) is 28.8. The molecule has 9 rings (SSSR count). The van der Waals surface area contributed by atoms with Gasteiger partial charge in [-0.1, -0.05) is 84.9 Å². The Hall–Kier alpha value is -7.39. The van der Waals surface area contributed by atoms with E-state index in [0.717, 1.165) is 66.5 Å². The minimum atomic E-state index is 0.554. The van der Waals surface area contributed by atoms with E-state index in [0.29, 0.717) is 16.9 Å². The number of nitriles is 1. The van der Waals surface area contributed by atoms with Gasteiger partial charge in [-0.25, -0.2) is 9.69 Å². The molecule has 7 aromatic carbocycles. The van der Waals surface area contributed by atoms with Gasteiger partial charge in [0.25, 0.3) is 0 Å². The Morgan fingerprint density at radius 2 is 1.12 bits per heavy atom. The van der Waals surface area contributed by atoms with Gasteiger partial charge in [-0.3, -0.25) is 0 Å². The number of nitrogens with zero attached hydrogens (tertiary/aromatic N) is 5. The van der Waals surface area contributed by atoms with Crippen LogP contribution in [0.3, 0.4) is 0 Å². The predicted octanol–water partition coefficient (Wildman–Crippen LogP) is 12.2. The highest BCUT2D eigenvalue weighted by Gasteiger charge is 2.18. The molecule has 5 nitrogen and oxygen atoms in total. The highest BCUT2D eigenvalue weighted by molar-refractivity contribution is 6.11. The number of para-hydroxylation sites is 3. The summed E-state index contributed by atoms with van der Waals surface area (Å²) in [6.07, 6.45) is 0. The SMILES string of the molecule is [C-]#[N+]c1ccc2c(c1)c1cc(C#N)ccc1n2-c1ccccc1-c1cccc(-c2cc(-n3c4ccccc4c4ccccc43)ccc2[N+]#[C-])c1. The molecule has 50 heavy (non-hydrogen) atoms. The third-order valence-corrected chi connectivity index (χ3v) is 9.58. The number of aromatic nitrogens is 2. The number of benzene rings is 7. The van der Waals surface area contributed by atoms with Crippen molar-refractivity contribution in [2.75, 3.05) is 0 Å². The Bertz CT molecular complexity index is 2850. The van der Waals surface area contributed by atoms with Crippen LogP contribution >= 0.6 is 0 Å². The highest BCUT2D eigenvalue weighted by Crippen LogP contribution is 2.41. The van der Waals surface area contributed by atoms with E-state index in [1.165, 1.54) is 10.8 Å². The molecule has 0 amide bonds. The van der Waals surface area contributed by atoms with Gasteiger partial charge in [0.05, 0.1) is 52.5 Å². The van der Waals surface area contributed by atoms with Crippen LogP contribution in [0.1, 0.15) is 5.56 Å². The van der Waals surface area contributed by atoms with E-state index in [2.05, 4.69) is 116 Å². The molecule has 230 valence electrons. The van der Waals surface area contributed by atoms with Crippen LogP contribution in [0.4, 0.5) is 11.4 Å². The van der Waals surface area contributed by atoms with E-state index >= 15 is 0 Å². The summed E-state index contributed by atoms with van der Waals surface area (Å²) in [6.45, 7) is 15.7. The molecule has 0 aliphatic heterocycles. The van der Waals surface area contributed by atoms with Gasteiger partial charge in [-0.15, -0.1) is 0 Å². The fourth-order valence-electron chi connectivity index (χ4n) is 7.37. The molecule has 0 atom stereocenters. The summed E-state index contributed by atoms with van der Waals surface area (Å²) in [6, 6.07) is 53.4. The first-order valence-electron chi connectivity index (χ1n) is 16.2. The standard InChI is InChI=1S/C45H25N5/c1-47-32-19-23-45-39(26-32)38-24-29(28-46)18-22-44(38)50(45)41-15-6-3-12-34(41)30-10-9-11-31(25-30)37-27-33(20-21-40(37)48-2)49-42-16-7-4-13-35(42)36-14-5-8-17-43(36)49/h3-27H.